The zero-order chi connectivity index (χ0) is 13.2. The first-order valence-electron chi connectivity index (χ1n) is 5.52. The van der Waals surface area contributed by atoms with E-state index in [4.69, 9.17) is 5.84 Å². The minimum atomic E-state index is -0.0894. The highest BCUT2D eigenvalue weighted by atomic mass is 32.1. The molecule has 0 saturated carbocycles. The van der Waals surface area contributed by atoms with Crippen LogP contribution in [0.2, 0.25) is 0 Å². The van der Waals surface area contributed by atoms with Crippen LogP contribution in [0.3, 0.4) is 0 Å². The maximum Gasteiger partial charge on any atom is 0.219 e. The Kier molecular flexibility index (Phi) is 2.94. The topological polar surface area (TPSA) is 98.7 Å². The number of fused-ring (bicyclic) bond motifs is 1. The third-order valence-electron chi connectivity index (χ3n) is 2.64. The van der Waals surface area contributed by atoms with Gasteiger partial charge in [0.1, 0.15) is 5.01 Å². The van der Waals surface area contributed by atoms with Crippen molar-refractivity contribution in [2.24, 2.45) is 5.84 Å². The van der Waals surface area contributed by atoms with Gasteiger partial charge in [0.15, 0.2) is 0 Å². The quantitative estimate of drug-likeness (QED) is 0.535. The zero-order valence-corrected chi connectivity index (χ0v) is 10.6. The van der Waals surface area contributed by atoms with Crippen LogP contribution in [0, 0.1) is 0 Å². The van der Waals surface area contributed by atoms with E-state index in [-0.39, 0.29) is 5.43 Å². The van der Waals surface area contributed by atoms with Crippen molar-refractivity contribution in [3.63, 3.8) is 0 Å². The molecule has 2 heterocycles. The number of para-hydroxylation sites is 1. The van der Waals surface area contributed by atoms with E-state index in [0.29, 0.717) is 17.1 Å². The highest BCUT2D eigenvalue weighted by Gasteiger charge is 2.07. The molecule has 0 aliphatic heterocycles. The van der Waals surface area contributed by atoms with Gasteiger partial charge in [-0.1, -0.05) is 23.5 Å². The number of hydrogen-bond donors (Lipinski definition) is 2. The minimum Gasteiger partial charge on any atom is -0.298 e. The van der Waals surface area contributed by atoms with E-state index in [0.717, 1.165) is 10.5 Å². The Labute approximate surface area is 111 Å². The third kappa shape index (κ3) is 2.18. The van der Waals surface area contributed by atoms with Crippen LogP contribution in [0.5, 0.6) is 0 Å². The first kappa shape index (κ1) is 11.8. The molecule has 96 valence electrons. The van der Waals surface area contributed by atoms with Crippen molar-refractivity contribution >= 4 is 27.4 Å². The first-order valence-corrected chi connectivity index (χ1v) is 6.33. The normalized spacial score (nSPS) is 10.8. The van der Waals surface area contributed by atoms with Gasteiger partial charge in [0.25, 0.3) is 0 Å². The van der Waals surface area contributed by atoms with E-state index in [1.807, 2.05) is 18.2 Å². The molecule has 19 heavy (non-hydrogen) atoms. The Bertz CT molecular complexity index is 780. The van der Waals surface area contributed by atoms with Gasteiger partial charge in [-0.25, -0.2) is 5.84 Å². The molecule has 0 amide bonds. The number of benzene rings is 1. The smallest absolute Gasteiger partial charge is 0.219 e. The molecule has 0 atom stereocenters. The average molecular weight is 274 g/mol. The monoisotopic (exact) mass is 274 g/mol. The van der Waals surface area contributed by atoms with E-state index >= 15 is 0 Å². The van der Waals surface area contributed by atoms with E-state index in [1.165, 1.54) is 17.5 Å². The summed E-state index contributed by atoms with van der Waals surface area (Å²) in [6, 6.07) is 7.33. The lowest BCUT2D eigenvalue weighted by atomic mass is 10.2. The van der Waals surface area contributed by atoms with Crippen molar-refractivity contribution in [1.82, 2.24) is 20.0 Å². The molecule has 0 fully saturated rings. The number of rotatable bonds is 3. The summed E-state index contributed by atoms with van der Waals surface area (Å²) in [5, 5.41) is 13.9. The Morgan fingerprint density at radius 3 is 2.95 bits per heavy atom. The van der Waals surface area contributed by atoms with Crippen molar-refractivity contribution in [1.29, 1.82) is 0 Å². The van der Waals surface area contributed by atoms with Gasteiger partial charge in [-0.2, -0.15) is 5.10 Å². The standard InChI is InChI=1S/C11H10N6OS/c12-14-11-16-15-10(19-11)6-17-8-4-2-1-3-7(8)9(18)5-13-17/h1-5H,6,12H2,(H,14,16). The Balaban J connectivity index is 2.06. The molecule has 0 aliphatic rings. The molecular weight excluding hydrogens is 264 g/mol. The molecule has 8 heteroatoms. The zero-order valence-electron chi connectivity index (χ0n) is 9.78. The molecule has 7 nitrogen and oxygen atoms in total. The van der Waals surface area contributed by atoms with Crippen LogP contribution in [0.4, 0.5) is 5.13 Å². The minimum absolute atomic E-state index is 0.0894. The van der Waals surface area contributed by atoms with Crippen molar-refractivity contribution in [3.05, 3.63) is 45.7 Å². The van der Waals surface area contributed by atoms with E-state index < -0.39 is 0 Å². The lowest BCUT2D eigenvalue weighted by Gasteiger charge is -2.06. The van der Waals surface area contributed by atoms with Crippen molar-refractivity contribution in [3.8, 4) is 0 Å². The molecule has 0 saturated heterocycles. The maximum absolute atomic E-state index is 11.7. The Hall–Kier alpha value is -2.32. The number of hydrogen-bond acceptors (Lipinski definition) is 7. The highest BCUT2D eigenvalue weighted by molar-refractivity contribution is 7.15. The summed E-state index contributed by atoms with van der Waals surface area (Å²) < 4.78 is 1.72. The first-order chi connectivity index (χ1) is 9.28. The number of nitrogens with zero attached hydrogens (tertiary/aromatic N) is 4. The number of anilines is 1. The van der Waals surface area contributed by atoms with Gasteiger partial charge in [0, 0.05) is 5.39 Å². The second-order valence-electron chi connectivity index (χ2n) is 3.83. The second kappa shape index (κ2) is 4.75. The molecule has 0 bridgehead atoms. The number of nitrogen functional groups attached to an aromatic ring is 1. The summed E-state index contributed by atoms with van der Waals surface area (Å²) in [4.78, 5) is 11.7. The van der Waals surface area contributed by atoms with Crippen molar-refractivity contribution in [2.45, 2.75) is 6.54 Å². The van der Waals surface area contributed by atoms with E-state index in [1.54, 1.807) is 10.7 Å². The van der Waals surface area contributed by atoms with Gasteiger partial charge in [-0.15, -0.1) is 10.2 Å². The summed E-state index contributed by atoms with van der Waals surface area (Å²) >= 11 is 1.34. The van der Waals surface area contributed by atoms with Crippen LogP contribution < -0.4 is 16.7 Å². The van der Waals surface area contributed by atoms with Gasteiger partial charge in [-0.3, -0.25) is 14.9 Å². The van der Waals surface area contributed by atoms with Gasteiger partial charge in [0.05, 0.1) is 18.3 Å². The van der Waals surface area contributed by atoms with Crippen LogP contribution in [0.15, 0.2) is 35.3 Å². The molecular formula is C11H10N6OS. The van der Waals surface area contributed by atoms with Crippen molar-refractivity contribution < 1.29 is 0 Å². The fraction of sp³-hybridized carbons (Fsp3) is 0.0909. The Morgan fingerprint density at radius 2 is 2.16 bits per heavy atom. The van der Waals surface area contributed by atoms with E-state index in [9.17, 15) is 4.79 Å². The summed E-state index contributed by atoms with van der Waals surface area (Å²) in [7, 11) is 0. The lowest BCUT2D eigenvalue weighted by molar-refractivity contribution is 0.685. The van der Waals surface area contributed by atoms with Gasteiger partial charge >= 0.3 is 0 Å². The SMILES string of the molecule is NNc1nnc(Cn2ncc(=O)c3ccccc32)s1. The fourth-order valence-electron chi connectivity index (χ4n) is 1.79. The van der Waals surface area contributed by atoms with Crippen LogP contribution in [-0.4, -0.2) is 20.0 Å². The predicted molar refractivity (Wildman–Crippen MR) is 72.8 cm³/mol. The van der Waals surface area contributed by atoms with Crippen LogP contribution >= 0.6 is 11.3 Å². The average Bonchev–Trinajstić information content (AvgIpc) is 2.90. The molecule has 3 aromatic rings. The molecule has 2 aromatic heterocycles. The lowest BCUT2D eigenvalue weighted by Crippen LogP contribution is -2.12. The second-order valence-corrected chi connectivity index (χ2v) is 4.89. The summed E-state index contributed by atoms with van der Waals surface area (Å²) in [6.45, 7) is 0.445. The molecule has 0 aliphatic carbocycles. The summed E-state index contributed by atoms with van der Waals surface area (Å²) in [5.74, 6) is 5.26. The van der Waals surface area contributed by atoms with Crippen molar-refractivity contribution in [2.75, 3.05) is 5.43 Å². The number of nitrogens with two attached hydrogens (primary N) is 1. The van der Waals surface area contributed by atoms with E-state index in [2.05, 4.69) is 20.7 Å². The summed E-state index contributed by atoms with van der Waals surface area (Å²) in [6.07, 6.45) is 1.31. The van der Waals surface area contributed by atoms with Crippen LogP contribution in [-0.2, 0) is 6.54 Å². The maximum atomic E-state index is 11.7. The predicted octanol–water partition coefficient (Wildman–Crippen LogP) is 0.582. The Morgan fingerprint density at radius 1 is 1.32 bits per heavy atom. The summed E-state index contributed by atoms with van der Waals surface area (Å²) in [5.41, 5.74) is 3.13. The van der Waals surface area contributed by atoms with Gasteiger partial charge < -0.3 is 0 Å². The number of aromatic nitrogens is 4. The molecule has 1 aromatic carbocycles. The van der Waals surface area contributed by atoms with Crippen LogP contribution in [0.25, 0.3) is 10.9 Å². The van der Waals surface area contributed by atoms with Gasteiger partial charge in [0.2, 0.25) is 10.6 Å². The molecule has 0 unspecified atom stereocenters. The number of nitrogens with one attached hydrogen (secondary N) is 1. The largest absolute Gasteiger partial charge is 0.298 e. The molecule has 3 rings (SSSR count). The highest BCUT2D eigenvalue weighted by Crippen LogP contribution is 2.16. The molecule has 0 radical (unpaired) electrons. The molecule has 3 N–H and O–H groups in total. The number of hydrazine groups is 1. The third-order valence-corrected chi connectivity index (χ3v) is 3.48. The van der Waals surface area contributed by atoms with Gasteiger partial charge in [-0.05, 0) is 12.1 Å². The van der Waals surface area contributed by atoms with Crippen LogP contribution in [0.1, 0.15) is 5.01 Å². The molecule has 0 spiro atoms. The fourth-order valence-corrected chi connectivity index (χ4v) is 2.42.